The van der Waals surface area contributed by atoms with E-state index in [0.29, 0.717) is 34.4 Å². The van der Waals surface area contributed by atoms with Crippen molar-refractivity contribution in [3.63, 3.8) is 0 Å². The van der Waals surface area contributed by atoms with E-state index in [9.17, 15) is 22.8 Å². The smallest absolute Gasteiger partial charge is 0.342 e. The van der Waals surface area contributed by atoms with Crippen molar-refractivity contribution in [2.45, 2.75) is 63.8 Å². The number of hydrogen-bond acceptors (Lipinski definition) is 7. The molecule has 5 atom stereocenters. The Morgan fingerprint density at radius 1 is 1.26 bits per heavy atom. The summed E-state index contributed by atoms with van der Waals surface area (Å²) >= 11 is 0. The minimum absolute atomic E-state index is 0.0330. The fraction of sp³-hybridized carbons (Fsp3) is 0.583. The second-order valence-electron chi connectivity index (χ2n) is 10.6. The van der Waals surface area contributed by atoms with Gasteiger partial charge < -0.3 is 15.5 Å². The number of amides is 3. The third-order valence-corrected chi connectivity index (χ3v) is 8.12. The Kier molecular flexibility index (Phi) is 5.99. The van der Waals surface area contributed by atoms with E-state index in [0.717, 1.165) is 17.7 Å². The van der Waals surface area contributed by atoms with Gasteiger partial charge in [0, 0.05) is 6.54 Å². The molecule has 38 heavy (non-hydrogen) atoms. The summed E-state index contributed by atoms with van der Waals surface area (Å²) in [5, 5.41) is 16.9. The number of nitrogens with zero attached hydrogens (tertiary/aromatic N) is 6. The van der Waals surface area contributed by atoms with E-state index in [1.54, 1.807) is 23.7 Å². The van der Waals surface area contributed by atoms with Crippen molar-refractivity contribution in [2.24, 2.45) is 17.8 Å². The molecule has 6 rings (SSSR count). The molecule has 0 spiro atoms. The molecule has 3 aliphatic rings. The highest BCUT2D eigenvalue weighted by atomic mass is 19.4. The Morgan fingerprint density at radius 2 is 2.03 bits per heavy atom. The number of carbonyl (C=O) groups is 2. The second-order valence-corrected chi connectivity index (χ2v) is 10.6. The molecule has 1 aliphatic heterocycles. The average Bonchev–Trinajstić information content (AvgIpc) is 3.66. The molecule has 14 heteroatoms. The average molecular weight is 533 g/mol. The van der Waals surface area contributed by atoms with Crippen molar-refractivity contribution < 1.29 is 27.4 Å². The van der Waals surface area contributed by atoms with Gasteiger partial charge in [0.05, 0.1) is 30.7 Å². The molecule has 3 aromatic heterocycles. The first-order chi connectivity index (χ1) is 18.2. The molecule has 1 saturated heterocycles. The topological polar surface area (TPSA) is 131 Å². The predicted molar refractivity (Wildman–Crippen MR) is 125 cm³/mol. The van der Waals surface area contributed by atoms with E-state index < -0.39 is 30.7 Å². The van der Waals surface area contributed by atoms with Crippen molar-refractivity contribution in [2.75, 3.05) is 6.54 Å². The fourth-order valence-corrected chi connectivity index (χ4v) is 6.26. The summed E-state index contributed by atoms with van der Waals surface area (Å²) in [5.41, 5.74) is 2.18. The van der Waals surface area contributed by atoms with E-state index in [2.05, 4.69) is 20.7 Å². The van der Waals surface area contributed by atoms with Crippen molar-refractivity contribution >= 4 is 17.6 Å². The number of alkyl halides is 3. The highest BCUT2D eigenvalue weighted by molar-refractivity contribution is 5.93. The van der Waals surface area contributed by atoms with Crippen LogP contribution in [0.1, 0.15) is 65.6 Å². The van der Waals surface area contributed by atoms with Gasteiger partial charge in [0.1, 0.15) is 11.7 Å². The fourth-order valence-electron chi connectivity index (χ4n) is 6.26. The maximum Gasteiger partial charge on any atom is 0.410 e. The highest BCUT2D eigenvalue weighted by Crippen LogP contribution is 2.50. The van der Waals surface area contributed by atoms with Crippen molar-refractivity contribution in [3.8, 4) is 0 Å². The molecule has 1 unspecified atom stereocenters. The third kappa shape index (κ3) is 4.56. The second kappa shape index (κ2) is 9.24. The van der Waals surface area contributed by atoms with Gasteiger partial charge in [0.2, 0.25) is 0 Å². The summed E-state index contributed by atoms with van der Waals surface area (Å²) in [5.74, 6) is 1.08. The summed E-state index contributed by atoms with van der Waals surface area (Å²) in [6.45, 7) is 1.14. The molecule has 202 valence electrons. The van der Waals surface area contributed by atoms with Crippen LogP contribution in [0.4, 0.5) is 18.0 Å². The molecule has 0 radical (unpaired) electrons. The molecule has 0 aromatic carbocycles. The van der Waals surface area contributed by atoms with E-state index in [1.807, 2.05) is 5.32 Å². The van der Waals surface area contributed by atoms with Crippen LogP contribution in [0.2, 0.25) is 0 Å². The van der Waals surface area contributed by atoms with Gasteiger partial charge in [0.25, 0.3) is 5.91 Å². The van der Waals surface area contributed by atoms with Gasteiger partial charge in [-0.2, -0.15) is 18.3 Å². The predicted octanol–water partition coefficient (Wildman–Crippen LogP) is 3.17. The Balaban J connectivity index is 1.25. The summed E-state index contributed by atoms with van der Waals surface area (Å²) in [6.07, 6.45) is 4.36. The lowest BCUT2D eigenvalue weighted by molar-refractivity contribution is -0.149. The molecule has 3 aromatic rings. The minimum Gasteiger partial charge on any atom is -0.342 e. The number of rotatable bonds is 6. The lowest BCUT2D eigenvalue weighted by Gasteiger charge is -2.23. The van der Waals surface area contributed by atoms with Gasteiger partial charge >= 0.3 is 12.2 Å². The molecule has 0 bridgehead atoms. The van der Waals surface area contributed by atoms with Crippen LogP contribution in [0.5, 0.6) is 0 Å². The van der Waals surface area contributed by atoms with Crippen LogP contribution in [-0.4, -0.2) is 60.5 Å². The monoisotopic (exact) mass is 532 g/mol. The Morgan fingerprint density at radius 3 is 2.68 bits per heavy atom. The van der Waals surface area contributed by atoms with Gasteiger partial charge in [0.15, 0.2) is 11.3 Å². The standard InChI is InChI=1S/C24H27F3N8O3/c1-12-20(33-38-32-12)22(36)31-21(16-6-14-3-2-4-15(14)7-16)17-10-35-19(29-17)5-13(8-28-35)9-34-11-18(24(25,26)27)30-23(34)37/h5,8,10,14-16,18,21H,2-4,6-7,9,11H2,1H3,(H,30,37)(H,31,36)/t14-,15+,16?,18-,21+/m0/s1. The first-order valence-corrected chi connectivity index (χ1v) is 12.7. The van der Waals surface area contributed by atoms with Crippen LogP contribution in [-0.2, 0) is 6.54 Å². The number of carbonyl (C=O) groups excluding carboxylic acids is 2. The summed E-state index contributed by atoms with van der Waals surface area (Å²) < 4.78 is 45.4. The van der Waals surface area contributed by atoms with Crippen molar-refractivity contribution in [1.82, 2.24) is 40.4 Å². The number of aryl methyl sites for hydroxylation is 1. The third-order valence-electron chi connectivity index (χ3n) is 8.12. The maximum atomic E-state index is 13.1. The number of aromatic nitrogens is 5. The summed E-state index contributed by atoms with van der Waals surface area (Å²) in [7, 11) is 0. The minimum atomic E-state index is -4.51. The van der Waals surface area contributed by atoms with Gasteiger partial charge in [-0.1, -0.05) is 24.4 Å². The van der Waals surface area contributed by atoms with Crippen molar-refractivity contribution in [1.29, 1.82) is 0 Å². The van der Waals surface area contributed by atoms with Crippen molar-refractivity contribution in [3.05, 3.63) is 41.1 Å². The van der Waals surface area contributed by atoms with Crippen LogP contribution in [0.3, 0.4) is 0 Å². The molecular formula is C24H27F3N8O3. The number of urea groups is 1. The Bertz CT molecular complexity index is 1360. The first kappa shape index (κ1) is 24.6. The van der Waals surface area contributed by atoms with Crippen LogP contribution in [0.25, 0.3) is 5.65 Å². The molecular weight excluding hydrogens is 505 g/mol. The van der Waals surface area contributed by atoms with E-state index in [1.165, 1.54) is 25.5 Å². The zero-order valence-corrected chi connectivity index (χ0v) is 20.6. The van der Waals surface area contributed by atoms with Crippen LogP contribution in [0, 0.1) is 24.7 Å². The maximum absolute atomic E-state index is 13.1. The van der Waals surface area contributed by atoms with Gasteiger partial charge in [-0.15, -0.1) is 0 Å². The van der Waals surface area contributed by atoms with Gasteiger partial charge in [-0.25, -0.2) is 18.9 Å². The number of halogens is 3. The quantitative estimate of drug-likeness (QED) is 0.499. The molecule has 2 saturated carbocycles. The zero-order chi connectivity index (χ0) is 26.6. The first-order valence-electron chi connectivity index (χ1n) is 12.7. The van der Waals surface area contributed by atoms with Crippen LogP contribution < -0.4 is 10.6 Å². The SMILES string of the molecule is Cc1nonc1C(=O)N[C@@H](c1cn2ncc(CN3C[C@@H](C(F)(F)F)NC3=O)cc2n1)C1C[C@H]2CCC[C@H]2C1. The Hall–Kier alpha value is -3.71. The number of nitrogens with one attached hydrogen (secondary N) is 2. The summed E-state index contributed by atoms with van der Waals surface area (Å²) in [6, 6.07) is -1.36. The number of hydrogen-bond donors (Lipinski definition) is 2. The molecule has 2 aliphatic carbocycles. The Labute approximate surface area is 215 Å². The molecule has 3 fully saturated rings. The van der Waals surface area contributed by atoms with E-state index in [4.69, 9.17) is 9.61 Å². The lowest BCUT2D eigenvalue weighted by Crippen LogP contribution is -2.40. The lowest BCUT2D eigenvalue weighted by atomic mass is 9.92. The molecule has 4 heterocycles. The van der Waals surface area contributed by atoms with Crippen LogP contribution >= 0.6 is 0 Å². The highest BCUT2D eigenvalue weighted by Gasteiger charge is 2.47. The van der Waals surface area contributed by atoms with Crippen LogP contribution in [0.15, 0.2) is 23.1 Å². The normalized spacial score (nSPS) is 26.1. The molecule has 2 N–H and O–H groups in total. The largest absolute Gasteiger partial charge is 0.410 e. The summed E-state index contributed by atoms with van der Waals surface area (Å²) in [4.78, 5) is 31.0. The number of imidazole rings is 1. The molecule has 3 amide bonds. The van der Waals surface area contributed by atoms with E-state index in [-0.39, 0.29) is 24.2 Å². The van der Waals surface area contributed by atoms with Gasteiger partial charge in [-0.05, 0) is 54.3 Å². The van der Waals surface area contributed by atoms with Gasteiger partial charge in [-0.3, -0.25) is 4.79 Å². The zero-order valence-electron chi connectivity index (χ0n) is 20.6. The molecule has 11 nitrogen and oxygen atoms in total. The van der Waals surface area contributed by atoms with E-state index >= 15 is 0 Å². The number of fused-ring (bicyclic) bond motifs is 2.